The number of fused-ring (bicyclic) bond motifs is 1. The third kappa shape index (κ3) is 4.73. The fourth-order valence-electron chi connectivity index (χ4n) is 5.25. The van der Waals surface area contributed by atoms with Crippen molar-refractivity contribution in [2.24, 2.45) is 0 Å². The van der Waals surface area contributed by atoms with Crippen molar-refractivity contribution in [3.05, 3.63) is 65.1 Å². The molecule has 0 aliphatic heterocycles. The topological polar surface area (TPSA) is 83.9 Å². The predicted octanol–water partition coefficient (Wildman–Crippen LogP) is 6.67. The molecule has 0 atom stereocenters. The number of nitrogen functional groups attached to an aromatic ring is 1. The Morgan fingerprint density at radius 3 is 2.69 bits per heavy atom. The predicted molar refractivity (Wildman–Crippen MR) is 142 cm³/mol. The minimum absolute atomic E-state index is 0.435. The Morgan fingerprint density at radius 1 is 1.11 bits per heavy atom. The Bertz CT molecular complexity index is 1360. The summed E-state index contributed by atoms with van der Waals surface area (Å²) >= 11 is 6.14. The molecule has 0 spiro atoms. The van der Waals surface area contributed by atoms with Crippen LogP contribution in [0.2, 0.25) is 5.02 Å². The molecule has 0 amide bonds. The van der Waals surface area contributed by atoms with Crippen LogP contribution in [0.4, 0.5) is 5.82 Å². The molecule has 4 aromatic rings. The molecule has 2 heterocycles. The van der Waals surface area contributed by atoms with E-state index in [2.05, 4.69) is 10.1 Å². The van der Waals surface area contributed by atoms with Gasteiger partial charge in [-0.3, -0.25) is 0 Å². The van der Waals surface area contributed by atoms with E-state index >= 15 is 0 Å². The monoisotopic (exact) mass is 506 g/mol. The van der Waals surface area contributed by atoms with Crippen molar-refractivity contribution in [1.82, 2.24) is 14.6 Å². The van der Waals surface area contributed by atoms with Gasteiger partial charge < -0.3 is 19.9 Å². The summed E-state index contributed by atoms with van der Waals surface area (Å²) in [5.41, 5.74) is 11.7. The Morgan fingerprint density at radius 2 is 1.94 bits per heavy atom. The molecule has 0 unspecified atom stereocenters. The Balaban J connectivity index is 1.65. The van der Waals surface area contributed by atoms with Gasteiger partial charge in [0.15, 0.2) is 17.3 Å². The summed E-state index contributed by atoms with van der Waals surface area (Å²) in [7, 11) is 1.64. The lowest BCUT2D eigenvalue weighted by Crippen LogP contribution is -2.07. The summed E-state index contributed by atoms with van der Waals surface area (Å²) in [5.74, 6) is 2.75. The minimum Gasteiger partial charge on any atom is -0.493 e. The van der Waals surface area contributed by atoms with Crippen LogP contribution in [0.15, 0.2) is 48.8 Å². The maximum absolute atomic E-state index is 6.48. The molecule has 1 saturated carbocycles. The fraction of sp³-hybridized carbons (Fsp3) is 0.357. The first kappa shape index (κ1) is 24.4. The zero-order valence-electron chi connectivity index (χ0n) is 20.7. The van der Waals surface area contributed by atoms with E-state index < -0.39 is 0 Å². The van der Waals surface area contributed by atoms with Gasteiger partial charge in [-0.15, -0.1) is 0 Å². The second-order valence-electron chi connectivity index (χ2n) is 9.00. The lowest BCUT2D eigenvalue weighted by molar-refractivity contribution is 0.150. The zero-order valence-corrected chi connectivity index (χ0v) is 21.4. The molecular weight excluding hydrogens is 476 g/mol. The van der Waals surface area contributed by atoms with E-state index in [0.29, 0.717) is 47.2 Å². The van der Waals surface area contributed by atoms with Crippen molar-refractivity contribution >= 4 is 22.9 Å². The minimum atomic E-state index is 0.435. The van der Waals surface area contributed by atoms with E-state index in [0.717, 1.165) is 35.9 Å². The van der Waals surface area contributed by atoms with E-state index in [4.69, 9.17) is 31.5 Å². The maximum Gasteiger partial charge on any atom is 0.169 e. The summed E-state index contributed by atoms with van der Waals surface area (Å²) in [6, 6.07) is 13.2. The van der Waals surface area contributed by atoms with Crippen LogP contribution in [0.25, 0.3) is 16.6 Å². The molecule has 1 aliphatic rings. The van der Waals surface area contributed by atoms with Gasteiger partial charge in [0.25, 0.3) is 0 Å². The van der Waals surface area contributed by atoms with Crippen LogP contribution < -0.4 is 15.2 Å². The molecule has 0 saturated heterocycles. The van der Waals surface area contributed by atoms with Crippen molar-refractivity contribution in [3.8, 4) is 28.4 Å². The van der Waals surface area contributed by atoms with E-state index in [1.165, 1.54) is 24.1 Å². The second-order valence-corrected chi connectivity index (χ2v) is 9.43. The number of nitrogens with zero attached hydrogens (tertiary/aromatic N) is 3. The number of nitrogens with two attached hydrogens (primary N) is 1. The average Bonchev–Trinajstić information content (AvgIpc) is 3.51. The normalized spacial score (nSPS) is 14.0. The van der Waals surface area contributed by atoms with E-state index in [1.807, 2.05) is 47.8 Å². The van der Waals surface area contributed by atoms with Crippen LogP contribution in [0, 0.1) is 0 Å². The highest BCUT2D eigenvalue weighted by Gasteiger charge is 2.29. The molecule has 188 valence electrons. The first-order chi connectivity index (χ1) is 17.6. The quantitative estimate of drug-likeness (QED) is 0.255. The van der Waals surface area contributed by atoms with Gasteiger partial charge in [-0.2, -0.15) is 5.10 Å². The molecule has 7 nitrogen and oxygen atoms in total. The van der Waals surface area contributed by atoms with Gasteiger partial charge in [-0.05, 0) is 67.6 Å². The molecule has 2 aromatic heterocycles. The standard InChI is InChI=1S/C28H31ClN4O3/c1-3-35-14-13-22-25(27-28(30)31-17-32-33(27)26(22)18-7-4-5-8-18)19-11-12-23(24(15-19)34-2)36-21-10-6-9-20(29)16-21/h6,9-12,15-18H,3-5,7-8,13-14H2,1-2H3,(H2,30,31,32). The Kier molecular flexibility index (Phi) is 7.30. The van der Waals surface area contributed by atoms with Crippen molar-refractivity contribution in [3.63, 3.8) is 0 Å². The number of anilines is 1. The van der Waals surface area contributed by atoms with Crippen LogP contribution in [0.5, 0.6) is 17.2 Å². The lowest BCUT2D eigenvalue weighted by Gasteiger charge is -2.15. The van der Waals surface area contributed by atoms with E-state index in [9.17, 15) is 0 Å². The summed E-state index contributed by atoms with van der Waals surface area (Å²) in [4.78, 5) is 4.34. The van der Waals surface area contributed by atoms with Gasteiger partial charge in [0.05, 0.1) is 13.7 Å². The molecule has 5 rings (SSSR count). The first-order valence-electron chi connectivity index (χ1n) is 12.4. The molecule has 2 N–H and O–H groups in total. The van der Waals surface area contributed by atoms with Gasteiger partial charge in [-0.1, -0.05) is 36.6 Å². The highest BCUT2D eigenvalue weighted by molar-refractivity contribution is 6.30. The van der Waals surface area contributed by atoms with Gasteiger partial charge in [0.1, 0.15) is 17.6 Å². The zero-order chi connectivity index (χ0) is 25.1. The highest BCUT2D eigenvalue weighted by Crippen LogP contribution is 2.45. The molecule has 36 heavy (non-hydrogen) atoms. The number of methoxy groups -OCH3 is 1. The van der Waals surface area contributed by atoms with Gasteiger partial charge in [-0.25, -0.2) is 9.50 Å². The average molecular weight is 507 g/mol. The molecular formula is C28H31ClN4O3. The van der Waals surface area contributed by atoms with E-state index in [-0.39, 0.29) is 0 Å². The Hall–Kier alpha value is -3.29. The van der Waals surface area contributed by atoms with Crippen LogP contribution in [-0.2, 0) is 11.2 Å². The van der Waals surface area contributed by atoms with Gasteiger partial charge in [0, 0.05) is 28.8 Å². The van der Waals surface area contributed by atoms with Crippen molar-refractivity contribution in [1.29, 1.82) is 0 Å². The number of benzene rings is 2. The SMILES string of the molecule is CCOCCc1c(-c2ccc(Oc3cccc(Cl)c3)c(OC)c2)c2c(N)ncnn2c1C1CCCC1. The lowest BCUT2D eigenvalue weighted by atomic mass is 9.93. The third-order valence-electron chi connectivity index (χ3n) is 6.81. The molecule has 0 bridgehead atoms. The number of ether oxygens (including phenoxy) is 3. The van der Waals surface area contributed by atoms with Crippen LogP contribution in [-0.4, -0.2) is 34.9 Å². The van der Waals surface area contributed by atoms with Crippen LogP contribution >= 0.6 is 11.6 Å². The number of aromatic nitrogens is 3. The summed E-state index contributed by atoms with van der Waals surface area (Å²) < 4.78 is 19.6. The number of hydrogen-bond acceptors (Lipinski definition) is 6. The van der Waals surface area contributed by atoms with Crippen molar-refractivity contribution < 1.29 is 14.2 Å². The van der Waals surface area contributed by atoms with Gasteiger partial charge in [0.2, 0.25) is 0 Å². The summed E-state index contributed by atoms with van der Waals surface area (Å²) in [6.45, 7) is 3.31. The van der Waals surface area contributed by atoms with Crippen LogP contribution in [0.1, 0.15) is 49.8 Å². The first-order valence-corrected chi connectivity index (χ1v) is 12.8. The van der Waals surface area contributed by atoms with Crippen molar-refractivity contribution in [2.45, 2.75) is 44.9 Å². The van der Waals surface area contributed by atoms with Crippen LogP contribution in [0.3, 0.4) is 0 Å². The molecule has 8 heteroatoms. The van der Waals surface area contributed by atoms with Crippen molar-refractivity contribution in [2.75, 3.05) is 26.1 Å². The second kappa shape index (κ2) is 10.8. The molecule has 0 radical (unpaired) electrons. The molecule has 2 aromatic carbocycles. The number of hydrogen-bond donors (Lipinski definition) is 1. The van der Waals surface area contributed by atoms with Gasteiger partial charge >= 0.3 is 0 Å². The Labute approximate surface area is 216 Å². The van der Waals surface area contributed by atoms with E-state index in [1.54, 1.807) is 19.5 Å². The molecule has 1 fully saturated rings. The summed E-state index contributed by atoms with van der Waals surface area (Å²) in [6.07, 6.45) is 7.05. The fourth-order valence-corrected chi connectivity index (χ4v) is 5.43. The molecule has 1 aliphatic carbocycles. The smallest absolute Gasteiger partial charge is 0.169 e. The third-order valence-corrected chi connectivity index (χ3v) is 7.05. The number of rotatable bonds is 9. The summed E-state index contributed by atoms with van der Waals surface area (Å²) in [5, 5.41) is 5.27. The number of halogens is 1. The highest BCUT2D eigenvalue weighted by atomic mass is 35.5. The maximum atomic E-state index is 6.48. The largest absolute Gasteiger partial charge is 0.493 e.